The lowest BCUT2D eigenvalue weighted by Crippen LogP contribution is -2.72. The summed E-state index contributed by atoms with van der Waals surface area (Å²) in [6, 6.07) is -5.98. The summed E-state index contributed by atoms with van der Waals surface area (Å²) in [7, 11) is 0. The summed E-state index contributed by atoms with van der Waals surface area (Å²) in [6.45, 7) is -3.77. The maximum atomic E-state index is 13.4. The van der Waals surface area contributed by atoms with E-state index in [1.807, 2.05) is 0 Å². The fourth-order valence-corrected chi connectivity index (χ4v) is 15.5. The molecule has 0 aliphatic carbocycles. The standard InChI is InChI=1S/C66H111N3O49/c1-14-30(81)39(90)44(95)61(100-14)117-55-41(92)32(83)19(6-70)106-65(55)113-51-29(69-18(5)80)60(103-20(7-71)33(51)84)116-54-36(87)23(10-74)107-66(56(54)118-62-45(96)40(91)31(82)15(2)101-62)112-49-26(13-77)109-59(28(38(49)89)68-17(4)79)114-52-34(85)21(8-72)104-63(46(52)97)110-48-25(12-76)108-58(27(37(48)88)67-16(3)78)115-53-35(86)22(9-73)105-64(47(53)98)111-50-24(11-75)102-57(99)43(94)42(50)93/h14-15,19-66,70-77,81-99H,6-13H2,1-5H3,(H,67,78)(H,68,79)(H,69,80)/t14-,15-,19+,20+,21+,22+,23+,24+,25+,26+,27+,28+,29+,30+,31+,32-,33-,34-,35-,36-,37+,38+,39+,40+,41-,42+,43+,44-,45-,46+,47+,48+,49+,50+,51+,52-,53-,54-,55+,56+,57+,58-,59-,60+,61-,62-,63-,64-,65-,66-/m0/s1. The smallest absolute Gasteiger partial charge is 0.217 e. The number of hydrogen-bond donors (Lipinski definition) is 30. The van der Waals surface area contributed by atoms with Crippen LogP contribution in [0.3, 0.4) is 0 Å². The zero-order chi connectivity index (χ0) is 86.8. The molecule has 0 bridgehead atoms. The molecule has 0 aromatic rings. The van der Waals surface area contributed by atoms with Crippen LogP contribution in [0.4, 0.5) is 0 Å². The SMILES string of the molecule is CC(=O)N[C@H]1[C@H](O[C@H]2[C@@H](O)[C@@H](CO)O[C@@H](O[C@H]3[C@H](O)[C@@H](O)[C@H](O)O[C@@H]3CO)[C@@H]2O)O[C@H](CO)[C@@H](O[C@@H]2O[C@H](CO)[C@H](O)[C@H](O[C@@H]3O[C@H](CO)[C@@H](O[C@@H]4O[C@H](CO)[C@H](O)[C@H](O[C@H]5O[C@H](CO)[C@H](O)[C@H](O[C@@H]6O[C@H](CO)[C@H](O)[C@H](O)[C@H]6O[C@@H]6O[C@@H](C)[C@@H](O)[C@@H](O)[C@@H]6O)[C@H]5NC(C)=O)[C@H]4O[C@@H]4O[C@@H](C)[C@@H](O)[C@@H](O)[C@@H]4O)[C@H](O)[C@H]3NC(C)=O)[C@H]2O)[C@@H]1O. The molecule has 10 saturated heterocycles. The highest BCUT2D eigenvalue weighted by molar-refractivity contribution is 5.74. The second-order valence-corrected chi connectivity index (χ2v) is 30.2. The van der Waals surface area contributed by atoms with Crippen molar-refractivity contribution in [2.24, 2.45) is 0 Å². The largest absolute Gasteiger partial charge is 0.394 e. The van der Waals surface area contributed by atoms with Gasteiger partial charge in [-0.25, -0.2) is 0 Å². The lowest BCUT2D eigenvalue weighted by molar-refractivity contribution is -0.406. The first-order chi connectivity index (χ1) is 55.8. The van der Waals surface area contributed by atoms with Gasteiger partial charge in [-0.05, 0) is 13.8 Å². The van der Waals surface area contributed by atoms with Crippen LogP contribution < -0.4 is 16.0 Å². The first kappa shape index (κ1) is 96.8. The molecular weight excluding hydrogens is 1620 g/mol. The average molecular weight is 1730 g/mol. The Labute approximate surface area is 668 Å². The number of carbonyl (C=O) groups excluding carboxylic acids is 3. The summed E-state index contributed by atoms with van der Waals surface area (Å²) in [5.74, 6) is -2.94. The van der Waals surface area contributed by atoms with Crippen molar-refractivity contribution in [3.8, 4) is 0 Å². The highest BCUT2D eigenvalue weighted by atomic mass is 16.8. The second-order valence-electron chi connectivity index (χ2n) is 30.2. The molecule has 10 aliphatic rings. The number of rotatable bonds is 29. The van der Waals surface area contributed by atoms with E-state index in [2.05, 4.69) is 16.0 Å². The molecule has 684 valence electrons. The normalized spacial score (nSPS) is 51.1. The quantitative estimate of drug-likeness (QED) is 0.0331. The predicted molar refractivity (Wildman–Crippen MR) is 362 cm³/mol. The van der Waals surface area contributed by atoms with Crippen molar-refractivity contribution in [1.82, 2.24) is 16.0 Å². The molecule has 10 aliphatic heterocycles. The fourth-order valence-electron chi connectivity index (χ4n) is 15.5. The molecule has 50 atom stereocenters. The van der Waals surface area contributed by atoms with Gasteiger partial charge in [0.25, 0.3) is 0 Å². The molecular formula is C66H111N3O49. The number of hydrogen-bond acceptors (Lipinski definition) is 49. The summed E-state index contributed by atoms with van der Waals surface area (Å²) in [5.41, 5.74) is 0. The number of nitrogens with one attached hydrogen (secondary N) is 3. The summed E-state index contributed by atoms with van der Waals surface area (Å²) in [6.07, 6.45) is -96.2. The van der Waals surface area contributed by atoms with Gasteiger partial charge in [0.1, 0.15) is 232 Å². The van der Waals surface area contributed by atoms with Gasteiger partial charge in [-0.2, -0.15) is 0 Å². The summed E-state index contributed by atoms with van der Waals surface area (Å²) in [5, 5.41) is 307. The van der Waals surface area contributed by atoms with Crippen LogP contribution in [0.25, 0.3) is 0 Å². The molecule has 0 unspecified atom stereocenters. The molecule has 10 rings (SSSR count). The van der Waals surface area contributed by atoms with Gasteiger partial charge in [-0.15, -0.1) is 0 Å². The van der Waals surface area contributed by atoms with E-state index in [1.165, 1.54) is 13.8 Å². The Balaban J connectivity index is 0.916. The van der Waals surface area contributed by atoms with E-state index in [9.17, 15) is 152 Å². The zero-order valence-corrected chi connectivity index (χ0v) is 63.6. The minimum Gasteiger partial charge on any atom is -0.394 e. The Morgan fingerprint density at radius 2 is 0.483 bits per heavy atom. The van der Waals surface area contributed by atoms with Crippen molar-refractivity contribution < 1.29 is 242 Å². The van der Waals surface area contributed by atoms with Crippen molar-refractivity contribution in [1.29, 1.82) is 0 Å². The molecule has 0 aromatic carbocycles. The van der Waals surface area contributed by atoms with Gasteiger partial charge < -0.3 is 244 Å². The Hall–Kier alpha value is -3.43. The third-order valence-electron chi connectivity index (χ3n) is 22.0. The number of amides is 3. The third-order valence-corrected chi connectivity index (χ3v) is 22.0. The number of aliphatic hydroxyl groups is 27. The first-order valence-corrected chi connectivity index (χ1v) is 37.9. The molecule has 0 radical (unpaired) electrons. The van der Waals surface area contributed by atoms with Gasteiger partial charge >= 0.3 is 0 Å². The van der Waals surface area contributed by atoms with Crippen LogP contribution in [0.2, 0.25) is 0 Å². The van der Waals surface area contributed by atoms with Crippen LogP contribution >= 0.6 is 0 Å². The molecule has 3 amide bonds. The fraction of sp³-hybridized carbons (Fsp3) is 0.955. The maximum Gasteiger partial charge on any atom is 0.217 e. The molecule has 10 fully saturated rings. The van der Waals surface area contributed by atoms with Gasteiger partial charge in [0.2, 0.25) is 17.7 Å². The predicted octanol–water partition coefficient (Wildman–Crippen LogP) is -20.3. The molecule has 0 aromatic heterocycles. The van der Waals surface area contributed by atoms with Gasteiger partial charge in [-0.1, -0.05) is 0 Å². The summed E-state index contributed by atoms with van der Waals surface area (Å²) in [4.78, 5) is 39.5. The highest BCUT2D eigenvalue weighted by Gasteiger charge is 2.63. The molecule has 0 saturated carbocycles. The van der Waals surface area contributed by atoms with E-state index in [-0.39, 0.29) is 0 Å². The zero-order valence-electron chi connectivity index (χ0n) is 63.6. The van der Waals surface area contributed by atoms with Crippen LogP contribution in [0.1, 0.15) is 34.6 Å². The van der Waals surface area contributed by atoms with Crippen LogP contribution in [-0.2, 0) is 104 Å². The average Bonchev–Trinajstić information content (AvgIpc) is 0.760. The van der Waals surface area contributed by atoms with Crippen LogP contribution in [0.5, 0.6) is 0 Å². The molecule has 52 heteroatoms. The van der Waals surface area contributed by atoms with E-state index in [1.54, 1.807) is 0 Å². The lowest BCUT2D eigenvalue weighted by atomic mass is 9.93. The minimum atomic E-state index is -2.41. The van der Waals surface area contributed by atoms with E-state index in [4.69, 9.17) is 90.0 Å². The topological polar surface area (TPSA) is 809 Å². The molecule has 118 heavy (non-hydrogen) atoms. The van der Waals surface area contributed by atoms with E-state index in [0.717, 1.165) is 20.8 Å². The molecule has 0 spiro atoms. The maximum absolute atomic E-state index is 13.4. The van der Waals surface area contributed by atoms with E-state index >= 15 is 0 Å². The summed E-state index contributed by atoms with van der Waals surface area (Å²) < 4.78 is 113. The first-order valence-electron chi connectivity index (χ1n) is 37.9. The van der Waals surface area contributed by atoms with Gasteiger partial charge in [0.05, 0.1) is 65.1 Å². The van der Waals surface area contributed by atoms with E-state index in [0.29, 0.717) is 0 Å². The minimum absolute atomic E-state index is 0.909. The van der Waals surface area contributed by atoms with Crippen LogP contribution in [0.15, 0.2) is 0 Å². The van der Waals surface area contributed by atoms with Crippen molar-refractivity contribution in [3.05, 3.63) is 0 Å². The highest BCUT2D eigenvalue weighted by Crippen LogP contribution is 2.42. The molecule has 52 nitrogen and oxygen atoms in total. The third kappa shape index (κ3) is 20.6. The second kappa shape index (κ2) is 41.8. The van der Waals surface area contributed by atoms with E-state index < -0.39 is 377 Å². The number of ether oxygens (including phenoxy) is 19. The Kier molecular flexibility index (Phi) is 34.3. The summed E-state index contributed by atoms with van der Waals surface area (Å²) >= 11 is 0. The van der Waals surface area contributed by atoms with Crippen molar-refractivity contribution >= 4 is 17.7 Å². The number of carbonyl (C=O) groups is 3. The van der Waals surface area contributed by atoms with Crippen molar-refractivity contribution in [2.75, 3.05) is 52.9 Å². The van der Waals surface area contributed by atoms with Crippen molar-refractivity contribution in [3.63, 3.8) is 0 Å². The lowest BCUT2D eigenvalue weighted by Gasteiger charge is -2.52. The monoisotopic (exact) mass is 1730 g/mol. The Bertz CT molecular complexity index is 3140. The Morgan fingerprint density at radius 1 is 0.220 bits per heavy atom. The van der Waals surface area contributed by atoms with Crippen LogP contribution in [0, 0.1) is 0 Å². The molecule has 10 heterocycles. The van der Waals surface area contributed by atoms with Crippen molar-refractivity contribution in [2.45, 2.75) is 341 Å². The Morgan fingerprint density at radius 3 is 0.890 bits per heavy atom. The van der Waals surface area contributed by atoms with Gasteiger partial charge in [0, 0.05) is 20.8 Å². The number of aliphatic hydroxyl groups excluding tert-OH is 27. The van der Waals surface area contributed by atoms with Gasteiger partial charge in [-0.3, -0.25) is 14.4 Å². The van der Waals surface area contributed by atoms with Crippen LogP contribution in [-0.4, -0.2) is 515 Å². The van der Waals surface area contributed by atoms with Gasteiger partial charge in [0.15, 0.2) is 62.9 Å². The molecule has 30 N–H and O–H groups in total.